The molecule has 5 rings (SSSR count). The molecule has 0 spiro atoms. The van der Waals surface area contributed by atoms with E-state index in [-0.39, 0.29) is 24.4 Å². The van der Waals surface area contributed by atoms with Crippen LogP contribution < -0.4 is 5.32 Å². The van der Waals surface area contributed by atoms with Crippen LogP contribution in [-0.4, -0.2) is 63.6 Å². The molecule has 9 nitrogen and oxygen atoms in total. The predicted octanol–water partition coefficient (Wildman–Crippen LogP) is 4.38. The molecule has 39 heavy (non-hydrogen) atoms. The van der Waals surface area contributed by atoms with E-state index < -0.39 is 35.5 Å². The van der Waals surface area contributed by atoms with Crippen LogP contribution in [0.3, 0.4) is 0 Å². The van der Waals surface area contributed by atoms with Crippen molar-refractivity contribution >= 4 is 12.0 Å². The molecule has 3 fully saturated rings. The van der Waals surface area contributed by atoms with Gasteiger partial charge in [-0.25, -0.2) is 9.18 Å². The van der Waals surface area contributed by atoms with Crippen molar-refractivity contribution in [1.29, 1.82) is 5.26 Å². The van der Waals surface area contributed by atoms with Crippen molar-refractivity contribution in [2.24, 2.45) is 5.92 Å². The Labute approximate surface area is 228 Å². The lowest BCUT2D eigenvalue weighted by Crippen LogP contribution is -2.55. The first-order valence-corrected chi connectivity index (χ1v) is 13.7. The number of nitrogens with one attached hydrogen (secondary N) is 1. The standard InChI is InChI=1S/C29H36FN5O4/c1-29(2,3)39-28(37)35-24-7-6-20(13-24)26(35)27(36)33-22(15-31)12-19-5-4-18(14-25(19)30)21-16-32-34(17-21)23-8-10-38-11-9-23/h4-5,14,16-17,20,22-24,26H,6-13H2,1-3H3,(H,33,36)/t20-,22-,24+,26-/m0/s1. The Hall–Kier alpha value is -3.45. The van der Waals surface area contributed by atoms with Crippen LogP contribution in [0.4, 0.5) is 9.18 Å². The zero-order valence-electron chi connectivity index (χ0n) is 22.7. The molecule has 2 aliphatic heterocycles. The molecule has 0 unspecified atom stereocenters. The molecule has 1 aromatic heterocycles. The van der Waals surface area contributed by atoms with E-state index in [9.17, 15) is 14.9 Å². The summed E-state index contributed by atoms with van der Waals surface area (Å²) >= 11 is 0. The highest BCUT2D eigenvalue weighted by atomic mass is 19.1. The number of ether oxygens (including phenoxy) is 2. The maximum absolute atomic E-state index is 15.1. The lowest BCUT2D eigenvalue weighted by molar-refractivity contribution is -0.128. The second-order valence-corrected chi connectivity index (χ2v) is 11.8. The number of hydrogen-bond acceptors (Lipinski definition) is 6. The van der Waals surface area contributed by atoms with Crippen LogP contribution in [0.5, 0.6) is 0 Å². The molecule has 2 aromatic rings. The molecule has 1 aliphatic carbocycles. The van der Waals surface area contributed by atoms with Gasteiger partial charge in [0, 0.05) is 37.4 Å². The Bertz CT molecular complexity index is 1260. The fourth-order valence-corrected chi connectivity index (χ4v) is 6.04. The molecule has 10 heteroatoms. The average molecular weight is 538 g/mol. The molecular formula is C29H36FN5O4. The highest BCUT2D eigenvalue weighted by Crippen LogP contribution is 2.43. The summed E-state index contributed by atoms with van der Waals surface area (Å²) in [6.45, 7) is 6.79. The third-order valence-corrected chi connectivity index (χ3v) is 7.91. The van der Waals surface area contributed by atoms with Gasteiger partial charge in [0.15, 0.2) is 0 Å². The summed E-state index contributed by atoms with van der Waals surface area (Å²) in [6, 6.07) is 5.60. The number of carbonyl (C=O) groups excluding carboxylic acids is 2. The average Bonchev–Trinajstić information content (AvgIpc) is 3.65. The number of hydrogen-bond donors (Lipinski definition) is 1. The molecule has 2 bridgehead atoms. The Balaban J connectivity index is 1.24. The van der Waals surface area contributed by atoms with Crippen molar-refractivity contribution in [3.05, 3.63) is 42.0 Å². The number of benzene rings is 1. The second kappa shape index (κ2) is 11.0. The molecule has 2 amide bonds. The lowest BCUT2D eigenvalue weighted by atomic mass is 9.97. The highest BCUT2D eigenvalue weighted by molar-refractivity contribution is 5.87. The van der Waals surface area contributed by atoms with Crippen LogP contribution in [-0.2, 0) is 20.7 Å². The van der Waals surface area contributed by atoms with E-state index in [0.717, 1.165) is 37.7 Å². The molecule has 1 saturated carbocycles. The van der Waals surface area contributed by atoms with Gasteiger partial charge in [-0.15, -0.1) is 0 Å². The summed E-state index contributed by atoms with van der Waals surface area (Å²) in [7, 11) is 0. The Morgan fingerprint density at radius 3 is 2.67 bits per heavy atom. The normalized spacial score (nSPS) is 23.9. The van der Waals surface area contributed by atoms with Gasteiger partial charge in [-0.2, -0.15) is 10.4 Å². The smallest absolute Gasteiger partial charge is 0.411 e. The van der Waals surface area contributed by atoms with Crippen molar-refractivity contribution in [2.75, 3.05) is 13.2 Å². The molecule has 0 radical (unpaired) electrons. The summed E-state index contributed by atoms with van der Waals surface area (Å²) in [5.74, 6) is -0.812. The van der Waals surface area contributed by atoms with Crippen LogP contribution in [0.25, 0.3) is 11.1 Å². The number of nitriles is 1. The van der Waals surface area contributed by atoms with E-state index in [4.69, 9.17) is 9.47 Å². The number of aromatic nitrogens is 2. The first-order valence-electron chi connectivity index (χ1n) is 13.7. The molecule has 208 valence electrons. The van der Waals surface area contributed by atoms with E-state index >= 15 is 4.39 Å². The van der Waals surface area contributed by atoms with E-state index in [1.54, 1.807) is 44.0 Å². The maximum atomic E-state index is 15.1. The van der Waals surface area contributed by atoms with Crippen LogP contribution in [0.15, 0.2) is 30.6 Å². The first kappa shape index (κ1) is 27.1. The van der Waals surface area contributed by atoms with Crippen LogP contribution >= 0.6 is 0 Å². The monoisotopic (exact) mass is 537 g/mol. The number of likely N-dealkylation sites (tertiary alicyclic amines) is 1. The molecular weight excluding hydrogens is 501 g/mol. The summed E-state index contributed by atoms with van der Waals surface area (Å²) < 4.78 is 28.0. The fraction of sp³-hybridized carbons (Fsp3) is 0.586. The van der Waals surface area contributed by atoms with E-state index in [0.29, 0.717) is 24.3 Å². The van der Waals surface area contributed by atoms with Crippen LogP contribution in [0, 0.1) is 23.1 Å². The number of amides is 2. The Kier molecular flexibility index (Phi) is 7.63. The lowest BCUT2D eigenvalue weighted by Gasteiger charge is -2.35. The quantitative estimate of drug-likeness (QED) is 0.586. The molecule has 1 N–H and O–H groups in total. The van der Waals surface area contributed by atoms with E-state index in [1.165, 1.54) is 6.07 Å². The van der Waals surface area contributed by atoms with Crippen molar-refractivity contribution in [2.45, 2.75) is 89.1 Å². The largest absolute Gasteiger partial charge is 0.444 e. The second-order valence-electron chi connectivity index (χ2n) is 11.8. The Morgan fingerprint density at radius 1 is 1.21 bits per heavy atom. The number of fused-ring (bicyclic) bond motifs is 2. The molecule has 1 aromatic carbocycles. The topological polar surface area (TPSA) is 109 Å². The van der Waals surface area contributed by atoms with Gasteiger partial charge < -0.3 is 14.8 Å². The molecule has 3 heterocycles. The Morgan fingerprint density at radius 2 is 1.97 bits per heavy atom. The minimum absolute atomic E-state index is 0.0168. The summed E-state index contributed by atoms with van der Waals surface area (Å²) in [6.07, 6.45) is 7.38. The van der Waals surface area contributed by atoms with Gasteiger partial charge in [0.1, 0.15) is 23.5 Å². The molecule has 3 aliphatic rings. The van der Waals surface area contributed by atoms with Gasteiger partial charge in [-0.1, -0.05) is 12.1 Å². The number of carbonyl (C=O) groups is 2. The summed E-state index contributed by atoms with van der Waals surface area (Å²) in [5, 5.41) is 17.0. The zero-order chi connectivity index (χ0) is 27.7. The first-order chi connectivity index (χ1) is 18.6. The number of halogens is 1. The SMILES string of the molecule is CC(C)(C)OC(=O)N1[C@@H]2CC[C@@H](C2)[C@H]1C(=O)N[C@H](C#N)Cc1ccc(-c2cnn(C3CCOCC3)c2)cc1F. The minimum Gasteiger partial charge on any atom is -0.444 e. The number of nitrogens with zero attached hydrogens (tertiary/aromatic N) is 4. The third-order valence-electron chi connectivity index (χ3n) is 7.91. The van der Waals surface area contributed by atoms with E-state index in [1.807, 2.05) is 10.9 Å². The molecule has 2 saturated heterocycles. The van der Waals surface area contributed by atoms with Crippen LogP contribution in [0.2, 0.25) is 0 Å². The minimum atomic E-state index is -0.936. The van der Waals surface area contributed by atoms with Gasteiger partial charge in [-0.3, -0.25) is 14.4 Å². The number of piperidine rings is 1. The number of rotatable bonds is 6. The fourth-order valence-electron chi connectivity index (χ4n) is 6.04. The summed E-state index contributed by atoms with van der Waals surface area (Å²) in [5.41, 5.74) is 1.17. The predicted molar refractivity (Wildman–Crippen MR) is 141 cm³/mol. The van der Waals surface area contributed by atoms with Gasteiger partial charge in [0.05, 0.1) is 18.3 Å². The van der Waals surface area contributed by atoms with Crippen molar-refractivity contribution in [3.63, 3.8) is 0 Å². The van der Waals surface area contributed by atoms with Gasteiger partial charge in [0.2, 0.25) is 5.91 Å². The van der Waals surface area contributed by atoms with Crippen LogP contribution in [0.1, 0.15) is 64.5 Å². The zero-order valence-corrected chi connectivity index (χ0v) is 22.7. The van der Waals surface area contributed by atoms with Gasteiger partial charge in [-0.05, 0) is 76.0 Å². The highest BCUT2D eigenvalue weighted by Gasteiger charge is 2.52. The van der Waals surface area contributed by atoms with Crippen molar-refractivity contribution < 1.29 is 23.5 Å². The molecule has 4 atom stereocenters. The van der Waals surface area contributed by atoms with E-state index in [2.05, 4.69) is 16.5 Å². The third kappa shape index (κ3) is 5.93. The summed E-state index contributed by atoms with van der Waals surface area (Å²) in [4.78, 5) is 27.7. The van der Waals surface area contributed by atoms with Crippen molar-refractivity contribution in [3.8, 4) is 17.2 Å². The van der Waals surface area contributed by atoms with Gasteiger partial charge in [0.25, 0.3) is 0 Å². The van der Waals surface area contributed by atoms with Gasteiger partial charge >= 0.3 is 6.09 Å². The maximum Gasteiger partial charge on any atom is 0.411 e. The van der Waals surface area contributed by atoms with Crippen molar-refractivity contribution in [1.82, 2.24) is 20.0 Å².